The van der Waals surface area contributed by atoms with Crippen LogP contribution in [0.3, 0.4) is 0 Å². The Labute approximate surface area is 180 Å². The minimum atomic E-state index is -4.53. The van der Waals surface area contributed by atoms with Crippen molar-refractivity contribution in [3.63, 3.8) is 0 Å². The molecule has 0 unspecified atom stereocenters. The number of rotatable bonds is 4. The number of aryl methyl sites for hydroxylation is 1. The zero-order valence-corrected chi connectivity index (χ0v) is 17.6. The molecule has 0 fully saturated rings. The van der Waals surface area contributed by atoms with Crippen LogP contribution in [0.25, 0.3) is 33.8 Å². The lowest BCUT2D eigenvalue weighted by atomic mass is 10.1. The average Bonchev–Trinajstić information content (AvgIpc) is 3.04. The highest BCUT2D eigenvalue weighted by molar-refractivity contribution is 7.99. The first-order valence-electron chi connectivity index (χ1n) is 9.07. The van der Waals surface area contributed by atoms with Crippen LogP contribution in [0.5, 0.6) is 0 Å². The molecule has 0 bridgehead atoms. The van der Waals surface area contributed by atoms with E-state index >= 15 is 0 Å². The number of thioether (sulfide) groups is 1. The third kappa shape index (κ3) is 3.89. The molecule has 0 atom stereocenters. The highest BCUT2D eigenvalue weighted by Crippen LogP contribution is 2.35. The van der Waals surface area contributed by atoms with Gasteiger partial charge in [-0.2, -0.15) is 13.2 Å². The van der Waals surface area contributed by atoms with Crippen molar-refractivity contribution in [2.45, 2.75) is 18.0 Å². The van der Waals surface area contributed by atoms with Crippen LogP contribution in [-0.4, -0.2) is 25.3 Å². The molecule has 0 aliphatic heterocycles. The molecule has 154 valence electrons. The number of hydrogen-bond acceptors (Lipinski definition) is 4. The van der Waals surface area contributed by atoms with Gasteiger partial charge in [0.15, 0.2) is 5.82 Å². The predicted molar refractivity (Wildman–Crippen MR) is 114 cm³/mol. The fraction of sp³-hybridized carbons (Fsp3) is 0.190. The van der Waals surface area contributed by atoms with Crippen LogP contribution >= 0.6 is 23.4 Å². The molecule has 4 rings (SSSR count). The maximum Gasteiger partial charge on any atom is 0.433 e. The Bertz CT molecular complexity index is 1220. The van der Waals surface area contributed by atoms with Gasteiger partial charge in [-0.1, -0.05) is 30.7 Å². The Hall–Kier alpha value is -2.58. The lowest BCUT2D eigenvalue weighted by Gasteiger charge is -2.10. The van der Waals surface area contributed by atoms with Crippen molar-refractivity contribution in [3.05, 3.63) is 59.4 Å². The van der Waals surface area contributed by atoms with E-state index < -0.39 is 11.9 Å². The third-order valence-electron chi connectivity index (χ3n) is 4.57. The normalized spacial score (nSPS) is 11.9. The number of imidazole rings is 1. The molecule has 0 saturated heterocycles. The van der Waals surface area contributed by atoms with Gasteiger partial charge in [0.1, 0.15) is 11.4 Å². The summed E-state index contributed by atoms with van der Waals surface area (Å²) in [5.41, 5.74) is 1.98. The van der Waals surface area contributed by atoms with E-state index in [4.69, 9.17) is 16.6 Å². The molecule has 9 heteroatoms. The Balaban J connectivity index is 1.89. The van der Waals surface area contributed by atoms with E-state index in [2.05, 4.69) is 9.97 Å². The van der Waals surface area contributed by atoms with Crippen LogP contribution in [0.15, 0.2) is 53.6 Å². The zero-order chi connectivity index (χ0) is 21.5. The summed E-state index contributed by atoms with van der Waals surface area (Å²) in [4.78, 5) is 13.7. The van der Waals surface area contributed by atoms with Crippen molar-refractivity contribution in [2.75, 3.05) is 5.75 Å². The Morgan fingerprint density at radius 1 is 1.07 bits per heavy atom. The second-order valence-electron chi connectivity index (χ2n) is 6.53. The summed E-state index contributed by atoms with van der Waals surface area (Å²) < 4.78 is 40.9. The molecule has 0 spiro atoms. The number of halogens is 4. The summed E-state index contributed by atoms with van der Waals surface area (Å²) in [5.74, 6) is 1.30. The lowest BCUT2D eigenvalue weighted by molar-refractivity contribution is -0.141. The quantitative estimate of drug-likeness (QED) is 0.335. The number of benzene rings is 1. The van der Waals surface area contributed by atoms with E-state index in [1.165, 1.54) is 6.20 Å². The molecule has 4 aromatic rings. The third-order valence-corrected chi connectivity index (χ3v) is 5.75. The first kappa shape index (κ1) is 20.7. The van der Waals surface area contributed by atoms with Crippen molar-refractivity contribution in [1.29, 1.82) is 0 Å². The van der Waals surface area contributed by atoms with Crippen molar-refractivity contribution >= 4 is 34.4 Å². The first-order valence-corrected chi connectivity index (χ1v) is 10.4. The molecule has 4 nitrogen and oxygen atoms in total. The zero-order valence-electron chi connectivity index (χ0n) is 16.0. The molecule has 0 amide bonds. The number of pyridine rings is 2. The van der Waals surface area contributed by atoms with Crippen molar-refractivity contribution < 1.29 is 13.2 Å². The van der Waals surface area contributed by atoms with Crippen molar-refractivity contribution in [2.24, 2.45) is 7.05 Å². The molecule has 0 radical (unpaired) electrons. The molecule has 1 aromatic carbocycles. The molecule has 0 N–H and O–H groups in total. The fourth-order valence-electron chi connectivity index (χ4n) is 3.12. The second kappa shape index (κ2) is 7.92. The number of hydrogen-bond donors (Lipinski definition) is 0. The smallest absolute Gasteiger partial charge is 0.325 e. The van der Waals surface area contributed by atoms with Crippen molar-refractivity contribution in [3.8, 4) is 22.8 Å². The van der Waals surface area contributed by atoms with E-state index in [0.29, 0.717) is 22.1 Å². The maximum atomic E-state index is 13.1. The second-order valence-corrected chi connectivity index (χ2v) is 8.28. The van der Waals surface area contributed by atoms with Gasteiger partial charge in [0, 0.05) is 22.5 Å². The van der Waals surface area contributed by atoms with E-state index in [1.54, 1.807) is 35.5 Å². The predicted octanol–water partition coefficient (Wildman–Crippen LogP) is 6.48. The average molecular weight is 449 g/mol. The molecule has 0 aliphatic rings. The summed E-state index contributed by atoms with van der Waals surface area (Å²) in [6, 6.07) is 12.1. The molecular weight excluding hydrogens is 433 g/mol. The maximum absolute atomic E-state index is 13.1. The summed E-state index contributed by atoms with van der Waals surface area (Å²) in [5, 5.41) is 0.625. The Morgan fingerprint density at radius 2 is 1.80 bits per heavy atom. The molecule has 30 heavy (non-hydrogen) atoms. The van der Waals surface area contributed by atoms with Gasteiger partial charge in [0.2, 0.25) is 0 Å². The van der Waals surface area contributed by atoms with Crippen molar-refractivity contribution in [1.82, 2.24) is 19.5 Å². The van der Waals surface area contributed by atoms with E-state index in [9.17, 15) is 13.2 Å². The van der Waals surface area contributed by atoms with E-state index in [1.807, 2.05) is 31.2 Å². The van der Waals surface area contributed by atoms with Crippen LogP contribution in [0.2, 0.25) is 5.02 Å². The highest BCUT2D eigenvalue weighted by Gasteiger charge is 2.33. The number of aromatic nitrogens is 4. The fourth-order valence-corrected chi connectivity index (χ4v) is 3.99. The molecule has 3 heterocycles. The Kier molecular flexibility index (Phi) is 5.46. The van der Waals surface area contributed by atoms with Gasteiger partial charge >= 0.3 is 6.18 Å². The Morgan fingerprint density at radius 3 is 2.47 bits per heavy atom. The number of fused-ring (bicyclic) bond motifs is 1. The largest absolute Gasteiger partial charge is 0.433 e. The van der Waals surface area contributed by atoms with E-state index in [0.717, 1.165) is 28.0 Å². The van der Waals surface area contributed by atoms with Gasteiger partial charge in [0.05, 0.1) is 22.9 Å². The molecular formula is C21H16ClF3N4S. The minimum Gasteiger partial charge on any atom is -0.325 e. The molecule has 3 aromatic heterocycles. The van der Waals surface area contributed by atoms with Crippen LogP contribution in [0.1, 0.15) is 12.6 Å². The summed E-state index contributed by atoms with van der Waals surface area (Å²) in [6.45, 7) is 2.02. The van der Waals surface area contributed by atoms with Gasteiger partial charge in [-0.3, -0.25) is 0 Å². The van der Waals surface area contributed by atoms with Gasteiger partial charge in [0.25, 0.3) is 0 Å². The molecule has 0 saturated carbocycles. The first-order chi connectivity index (χ1) is 14.3. The highest BCUT2D eigenvalue weighted by atomic mass is 35.5. The van der Waals surface area contributed by atoms with Gasteiger partial charge < -0.3 is 4.57 Å². The summed E-state index contributed by atoms with van der Waals surface area (Å²) >= 11 is 7.58. The standard InChI is InChI=1S/C21H16ClF3N4S/c1-3-30-17-9-8-14(12-4-6-13(22)7-5-12)27-19(17)20-28-15-10-18(21(23,24)25)26-11-16(15)29(20)2/h4-11H,3H2,1-2H3. The van der Waals surface area contributed by atoms with E-state index in [-0.39, 0.29) is 5.52 Å². The molecule has 0 aliphatic carbocycles. The summed E-state index contributed by atoms with van der Waals surface area (Å²) in [6.07, 6.45) is -3.33. The monoisotopic (exact) mass is 448 g/mol. The van der Waals surface area contributed by atoms with Gasteiger partial charge in [-0.25, -0.2) is 15.0 Å². The SMILES string of the molecule is CCSc1ccc(-c2ccc(Cl)cc2)nc1-c1nc2cc(C(F)(F)F)ncc2n1C. The van der Waals surface area contributed by atoms with Crippen LogP contribution in [0.4, 0.5) is 13.2 Å². The lowest BCUT2D eigenvalue weighted by Crippen LogP contribution is -2.07. The minimum absolute atomic E-state index is 0.223. The van der Waals surface area contributed by atoms with Crippen LogP contribution in [0, 0.1) is 0 Å². The van der Waals surface area contributed by atoms with Gasteiger partial charge in [-0.05, 0) is 36.1 Å². The van der Waals surface area contributed by atoms with Gasteiger partial charge in [-0.15, -0.1) is 11.8 Å². The number of nitrogens with zero attached hydrogens (tertiary/aromatic N) is 4. The van der Waals surface area contributed by atoms with Crippen LogP contribution in [-0.2, 0) is 13.2 Å². The topological polar surface area (TPSA) is 43.6 Å². The number of alkyl halides is 3. The summed E-state index contributed by atoms with van der Waals surface area (Å²) in [7, 11) is 1.75. The van der Waals surface area contributed by atoms with Crippen LogP contribution < -0.4 is 0 Å².